The Morgan fingerprint density at radius 1 is 1.08 bits per heavy atom. The van der Waals surface area contributed by atoms with Crippen LogP contribution in [0.3, 0.4) is 0 Å². The minimum Gasteiger partial charge on any atom is -0.467 e. The Morgan fingerprint density at radius 3 is 2.35 bits per heavy atom. The molecule has 2 unspecified atom stereocenters. The van der Waals surface area contributed by atoms with E-state index in [0.29, 0.717) is 16.8 Å². The molecule has 0 saturated carbocycles. The molecule has 0 aliphatic rings. The molecule has 0 spiro atoms. The fraction of sp³-hybridized carbons (Fsp3) is 0.158. The third-order valence-corrected chi connectivity index (χ3v) is 7.01. The number of alkyl halides is 2. The molecule has 0 N–H and O–H groups in total. The number of aromatic nitrogens is 1. The molecule has 4 nitrogen and oxygen atoms in total. The predicted molar refractivity (Wildman–Crippen MR) is 111 cm³/mol. The van der Waals surface area contributed by atoms with Gasteiger partial charge in [-0.05, 0) is 12.1 Å². The number of halogens is 3. The van der Waals surface area contributed by atoms with Crippen molar-refractivity contribution >= 4 is 53.6 Å². The number of hydrogen-bond acceptors (Lipinski definition) is 4. The van der Waals surface area contributed by atoms with Crippen molar-refractivity contribution in [1.82, 2.24) is 5.16 Å². The molecule has 3 aromatic rings. The molecule has 1 heterocycles. The number of rotatable bonds is 6. The van der Waals surface area contributed by atoms with Crippen LogP contribution >= 0.6 is 47.8 Å². The fourth-order valence-electron chi connectivity index (χ4n) is 2.53. The summed E-state index contributed by atoms with van der Waals surface area (Å²) < 4.78 is 11.6. The molecule has 0 radical (unpaired) electrons. The van der Waals surface area contributed by atoms with Crippen LogP contribution in [-0.2, 0) is 0 Å². The summed E-state index contributed by atoms with van der Waals surface area (Å²) in [5, 5.41) is 4.14. The van der Waals surface area contributed by atoms with E-state index in [2.05, 4.69) is 52.9 Å². The summed E-state index contributed by atoms with van der Waals surface area (Å²) in [6, 6.07) is 16.9. The van der Waals surface area contributed by atoms with Crippen LogP contribution in [0.5, 0.6) is 5.95 Å². The Morgan fingerprint density at radius 2 is 1.73 bits per heavy atom. The van der Waals surface area contributed by atoms with E-state index in [1.165, 1.54) is 7.11 Å². The number of benzene rings is 2. The monoisotopic (exact) mass is 541 g/mol. The van der Waals surface area contributed by atoms with Crippen LogP contribution in [0, 0.1) is 0 Å². The quantitative estimate of drug-likeness (QED) is 0.274. The van der Waals surface area contributed by atoms with Crippen LogP contribution < -0.4 is 4.74 Å². The van der Waals surface area contributed by atoms with Crippen molar-refractivity contribution in [2.45, 2.75) is 9.65 Å². The molecule has 134 valence electrons. The number of ether oxygens (including phenoxy) is 1. The van der Waals surface area contributed by atoms with E-state index >= 15 is 0 Å². The van der Waals surface area contributed by atoms with Crippen LogP contribution in [0.25, 0.3) is 11.3 Å². The largest absolute Gasteiger partial charge is 0.467 e. The summed E-state index contributed by atoms with van der Waals surface area (Å²) in [6.45, 7) is 0. The van der Waals surface area contributed by atoms with E-state index in [0.717, 1.165) is 10.0 Å². The maximum atomic E-state index is 12.9. The highest BCUT2D eigenvalue weighted by Gasteiger charge is 2.33. The second-order valence-corrected chi connectivity index (χ2v) is 8.37. The van der Waals surface area contributed by atoms with Crippen molar-refractivity contribution in [3.8, 4) is 17.2 Å². The maximum absolute atomic E-state index is 12.9. The molecular formula is C19H14Br3NO3. The maximum Gasteiger partial charge on any atom is 0.315 e. The van der Waals surface area contributed by atoms with Crippen molar-refractivity contribution in [1.29, 1.82) is 0 Å². The Labute approximate surface area is 176 Å². The number of methoxy groups -OCH3 is 1. The molecule has 3 rings (SSSR count). The molecule has 0 aliphatic heterocycles. The van der Waals surface area contributed by atoms with E-state index in [9.17, 15) is 4.79 Å². The average molecular weight is 544 g/mol. The van der Waals surface area contributed by atoms with Gasteiger partial charge in [-0.25, -0.2) is 0 Å². The third-order valence-electron chi connectivity index (χ3n) is 3.84. The summed E-state index contributed by atoms with van der Waals surface area (Å²) in [6.07, 6.45) is 0. The van der Waals surface area contributed by atoms with Crippen molar-refractivity contribution in [3.63, 3.8) is 0 Å². The van der Waals surface area contributed by atoms with Crippen LogP contribution in [-0.4, -0.2) is 22.9 Å². The topological polar surface area (TPSA) is 52.3 Å². The zero-order valence-electron chi connectivity index (χ0n) is 13.7. The summed E-state index contributed by atoms with van der Waals surface area (Å²) in [5.74, 6) is 0.223. The number of nitrogens with zero attached hydrogens (tertiary/aromatic N) is 1. The normalized spacial score (nSPS) is 13.2. The molecule has 26 heavy (non-hydrogen) atoms. The van der Waals surface area contributed by atoms with Crippen LogP contribution in [0.2, 0.25) is 0 Å². The molecule has 1 aromatic heterocycles. The minimum atomic E-state index is -0.528. The summed E-state index contributed by atoms with van der Waals surface area (Å²) >= 11 is 10.5. The van der Waals surface area contributed by atoms with Crippen LogP contribution in [0.15, 0.2) is 63.6 Å². The van der Waals surface area contributed by atoms with Gasteiger partial charge in [0.2, 0.25) is 0 Å². The number of carbonyl (C=O) groups excluding carboxylic acids is 1. The smallest absolute Gasteiger partial charge is 0.315 e. The van der Waals surface area contributed by atoms with Gasteiger partial charge in [-0.1, -0.05) is 95.4 Å². The van der Waals surface area contributed by atoms with Gasteiger partial charge in [0, 0.05) is 15.6 Å². The Hall–Kier alpha value is -1.44. The zero-order chi connectivity index (χ0) is 18.7. The van der Waals surface area contributed by atoms with Gasteiger partial charge in [-0.2, -0.15) is 0 Å². The summed E-state index contributed by atoms with van der Waals surface area (Å²) in [7, 11) is 1.51. The molecule has 7 heteroatoms. The van der Waals surface area contributed by atoms with Gasteiger partial charge < -0.3 is 9.26 Å². The number of ketones is 1. The highest BCUT2D eigenvalue weighted by molar-refractivity contribution is 9.12. The number of Topliss-reactive ketones (excluding diaryl/α,β-unsaturated/α-hetero) is 1. The van der Waals surface area contributed by atoms with Crippen LogP contribution in [0.1, 0.15) is 20.7 Å². The van der Waals surface area contributed by atoms with Crippen LogP contribution in [0.4, 0.5) is 0 Å². The van der Waals surface area contributed by atoms with Gasteiger partial charge in [0.1, 0.15) is 5.69 Å². The Kier molecular flexibility index (Phi) is 6.32. The lowest BCUT2D eigenvalue weighted by atomic mass is 10.00. The molecule has 0 aliphatic carbocycles. The number of hydrogen-bond donors (Lipinski definition) is 0. The van der Waals surface area contributed by atoms with Gasteiger partial charge in [0.25, 0.3) is 0 Å². The predicted octanol–water partition coefficient (Wildman–Crippen LogP) is 6.20. The Bertz CT molecular complexity index is 894. The molecule has 0 saturated heterocycles. The second-order valence-electron chi connectivity index (χ2n) is 5.48. The first-order valence-corrected chi connectivity index (χ1v) is 10.3. The second kappa shape index (κ2) is 8.50. The van der Waals surface area contributed by atoms with Gasteiger partial charge in [-0.15, -0.1) is 0 Å². The van der Waals surface area contributed by atoms with Gasteiger partial charge >= 0.3 is 5.95 Å². The van der Waals surface area contributed by atoms with Gasteiger partial charge in [0.15, 0.2) is 5.78 Å². The SMILES string of the molecule is COc1onc(-c2ccccc2)c1C(Br)C(Br)C(=O)c1ccc(Br)cc1. The number of carbonyl (C=O) groups is 1. The van der Waals surface area contributed by atoms with Crippen molar-refractivity contribution in [2.24, 2.45) is 0 Å². The minimum absolute atomic E-state index is 0.0540. The molecule has 0 amide bonds. The summed E-state index contributed by atoms with van der Waals surface area (Å²) in [5.41, 5.74) is 2.81. The molecular weight excluding hydrogens is 530 g/mol. The van der Waals surface area contributed by atoms with E-state index in [1.807, 2.05) is 42.5 Å². The van der Waals surface area contributed by atoms with E-state index in [1.54, 1.807) is 12.1 Å². The van der Waals surface area contributed by atoms with Crippen molar-refractivity contribution in [3.05, 3.63) is 70.2 Å². The first kappa shape index (κ1) is 19.3. The lowest BCUT2D eigenvalue weighted by molar-refractivity contribution is 0.0990. The van der Waals surface area contributed by atoms with E-state index < -0.39 is 9.65 Å². The Balaban J connectivity index is 1.96. The van der Waals surface area contributed by atoms with Gasteiger partial charge in [-0.3, -0.25) is 4.79 Å². The first-order valence-electron chi connectivity index (χ1n) is 7.69. The lowest BCUT2D eigenvalue weighted by Crippen LogP contribution is -2.19. The summed E-state index contributed by atoms with van der Waals surface area (Å²) in [4.78, 5) is 11.9. The zero-order valence-corrected chi connectivity index (χ0v) is 18.4. The molecule has 2 aromatic carbocycles. The molecule has 0 bridgehead atoms. The first-order chi connectivity index (χ1) is 12.5. The van der Waals surface area contributed by atoms with Gasteiger partial charge in [0.05, 0.1) is 22.3 Å². The third kappa shape index (κ3) is 3.94. The standard InChI is InChI=1S/C19H14Br3NO3/c1-25-19-14(17(23-26-19)11-5-3-2-4-6-11)15(21)16(22)18(24)12-7-9-13(20)10-8-12/h2-10,15-16H,1H3. The van der Waals surface area contributed by atoms with E-state index in [4.69, 9.17) is 9.26 Å². The van der Waals surface area contributed by atoms with E-state index in [-0.39, 0.29) is 11.7 Å². The fourth-order valence-corrected chi connectivity index (χ4v) is 3.97. The molecule has 2 atom stereocenters. The highest BCUT2D eigenvalue weighted by atomic mass is 79.9. The molecule has 0 fully saturated rings. The highest BCUT2D eigenvalue weighted by Crippen LogP contribution is 2.43. The average Bonchev–Trinajstić information content (AvgIpc) is 3.11. The van der Waals surface area contributed by atoms with Crippen molar-refractivity contribution < 1.29 is 14.1 Å². The van der Waals surface area contributed by atoms with Crippen molar-refractivity contribution in [2.75, 3.05) is 7.11 Å². The lowest BCUT2D eigenvalue weighted by Gasteiger charge is -2.16.